The van der Waals surface area contributed by atoms with Crippen molar-refractivity contribution in [2.75, 3.05) is 5.32 Å². The molecule has 0 saturated carbocycles. The molecule has 0 aliphatic heterocycles. The fourth-order valence-electron chi connectivity index (χ4n) is 2.57. The first kappa shape index (κ1) is 17.2. The average Bonchev–Trinajstić information content (AvgIpc) is 2.68. The lowest BCUT2D eigenvalue weighted by Crippen LogP contribution is -2.30. The van der Waals surface area contributed by atoms with E-state index in [0.29, 0.717) is 11.3 Å². The zero-order valence-corrected chi connectivity index (χ0v) is 14.1. The molecule has 3 aromatic carbocycles. The summed E-state index contributed by atoms with van der Waals surface area (Å²) < 4.78 is 5.22. The van der Waals surface area contributed by atoms with E-state index in [1.54, 1.807) is 24.3 Å². The SMILES string of the molecule is CC(OC(=O)c1cccc(C#N)c1)C(=O)Nc1cccc2ccccc12. The standard InChI is InChI=1S/C21H16N2O3/c1-14(26-21(25)17-9-4-6-15(12-17)13-22)20(24)23-19-11-5-8-16-7-2-3-10-18(16)19/h2-12,14H,1H3,(H,23,24). The van der Waals surface area contributed by atoms with Crippen LogP contribution in [0.3, 0.4) is 0 Å². The van der Waals surface area contributed by atoms with Gasteiger partial charge in [0.05, 0.1) is 17.2 Å². The molecule has 0 fully saturated rings. The van der Waals surface area contributed by atoms with E-state index in [1.807, 2.05) is 42.5 Å². The molecule has 0 bridgehead atoms. The van der Waals surface area contributed by atoms with Crippen LogP contribution in [0.2, 0.25) is 0 Å². The van der Waals surface area contributed by atoms with E-state index in [4.69, 9.17) is 10.00 Å². The number of esters is 1. The summed E-state index contributed by atoms with van der Waals surface area (Å²) in [6.45, 7) is 1.51. The second-order valence-corrected chi connectivity index (χ2v) is 5.76. The summed E-state index contributed by atoms with van der Waals surface area (Å²) >= 11 is 0. The molecule has 3 rings (SSSR count). The van der Waals surface area contributed by atoms with Gasteiger partial charge in [-0.1, -0.05) is 42.5 Å². The first-order valence-electron chi connectivity index (χ1n) is 8.08. The fraction of sp³-hybridized carbons (Fsp3) is 0.0952. The van der Waals surface area contributed by atoms with Gasteiger partial charge in [0.1, 0.15) is 0 Å². The lowest BCUT2D eigenvalue weighted by molar-refractivity contribution is -0.123. The molecule has 3 aromatic rings. The van der Waals surface area contributed by atoms with Gasteiger partial charge in [0.2, 0.25) is 0 Å². The van der Waals surface area contributed by atoms with Crippen LogP contribution in [0.4, 0.5) is 5.69 Å². The summed E-state index contributed by atoms with van der Waals surface area (Å²) in [4.78, 5) is 24.6. The number of carbonyl (C=O) groups is 2. The number of anilines is 1. The Balaban J connectivity index is 1.71. The minimum atomic E-state index is -0.979. The van der Waals surface area contributed by atoms with Gasteiger partial charge < -0.3 is 10.1 Å². The van der Waals surface area contributed by atoms with Gasteiger partial charge >= 0.3 is 5.97 Å². The maximum atomic E-state index is 12.4. The van der Waals surface area contributed by atoms with Crippen LogP contribution in [0.25, 0.3) is 10.8 Å². The summed E-state index contributed by atoms with van der Waals surface area (Å²) in [5, 5.41) is 13.6. The number of amides is 1. The first-order chi connectivity index (χ1) is 12.6. The van der Waals surface area contributed by atoms with Crippen LogP contribution in [0.1, 0.15) is 22.8 Å². The molecule has 0 aliphatic rings. The Morgan fingerprint density at radius 3 is 2.58 bits per heavy atom. The van der Waals surface area contributed by atoms with E-state index in [1.165, 1.54) is 13.0 Å². The summed E-state index contributed by atoms with van der Waals surface area (Å²) in [6, 6.07) is 21.4. The van der Waals surface area contributed by atoms with E-state index in [2.05, 4.69) is 5.32 Å². The van der Waals surface area contributed by atoms with Crippen molar-refractivity contribution < 1.29 is 14.3 Å². The van der Waals surface area contributed by atoms with Gasteiger partial charge in [-0.3, -0.25) is 4.79 Å². The van der Waals surface area contributed by atoms with Crippen molar-refractivity contribution in [3.8, 4) is 6.07 Å². The lowest BCUT2D eigenvalue weighted by Gasteiger charge is -2.15. The van der Waals surface area contributed by atoms with Gasteiger partial charge in [-0.2, -0.15) is 5.26 Å². The molecule has 1 N–H and O–H groups in total. The topological polar surface area (TPSA) is 79.2 Å². The Morgan fingerprint density at radius 1 is 1.04 bits per heavy atom. The van der Waals surface area contributed by atoms with Crippen LogP contribution in [0.5, 0.6) is 0 Å². The predicted octanol–water partition coefficient (Wildman–Crippen LogP) is 3.90. The molecule has 0 spiro atoms. The Kier molecular flexibility index (Phi) is 4.95. The molecular weight excluding hydrogens is 328 g/mol. The maximum Gasteiger partial charge on any atom is 0.338 e. The lowest BCUT2D eigenvalue weighted by atomic mass is 10.1. The highest BCUT2D eigenvalue weighted by Crippen LogP contribution is 2.23. The Bertz CT molecular complexity index is 1020. The van der Waals surface area contributed by atoms with Crippen LogP contribution in [0.15, 0.2) is 66.7 Å². The third-order valence-corrected chi connectivity index (χ3v) is 3.93. The number of carbonyl (C=O) groups excluding carboxylic acids is 2. The van der Waals surface area contributed by atoms with E-state index in [-0.39, 0.29) is 5.56 Å². The molecule has 1 atom stereocenters. The van der Waals surface area contributed by atoms with Crippen molar-refractivity contribution in [1.82, 2.24) is 0 Å². The van der Waals surface area contributed by atoms with Crippen molar-refractivity contribution in [3.63, 3.8) is 0 Å². The molecule has 0 radical (unpaired) electrons. The minimum absolute atomic E-state index is 0.230. The molecule has 1 unspecified atom stereocenters. The van der Waals surface area contributed by atoms with Crippen molar-refractivity contribution in [2.24, 2.45) is 0 Å². The third kappa shape index (κ3) is 3.70. The Labute approximate surface area is 150 Å². The van der Waals surface area contributed by atoms with Crippen LogP contribution in [-0.4, -0.2) is 18.0 Å². The zero-order chi connectivity index (χ0) is 18.5. The summed E-state index contributed by atoms with van der Waals surface area (Å²) in [7, 11) is 0. The van der Waals surface area contributed by atoms with E-state index in [9.17, 15) is 9.59 Å². The van der Waals surface area contributed by atoms with Gasteiger partial charge in [-0.05, 0) is 36.6 Å². The molecule has 1 amide bonds. The number of nitrogens with one attached hydrogen (secondary N) is 1. The zero-order valence-electron chi connectivity index (χ0n) is 14.1. The number of nitriles is 1. The smallest absolute Gasteiger partial charge is 0.338 e. The molecule has 5 nitrogen and oxygen atoms in total. The van der Waals surface area contributed by atoms with Gasteiger partial charge in [-0.15, -0.1) is 0 Å². The number of hydrogen-bond acceptors (Lipinski definition) is 4. The molecule has 26 heavy (non-hydrogen) atoms. The van der Waals surface area contributed by atoms with Crippen LogP contribution < -0.4 is 5.32 Å². The molecule has 5 heteroatoms. The number of benzene rings is 3. The molecule has 128 valence electrons. The second kappa shape index (κ2) is 7.49. The van der Waals surface area contributed by atoms with Gasteiger partial charge in [0.15, 0.2) is 6.10 Å². The molecule has 0 heterocycles. The number of ether oxygens (including phenoxy) is 1. The predicted molar refractivity (Wildman–Crippen MR) is 98.6 cm³/mol. The van der Waals surface area contributed by atoms with Crippen LogP contribution in [-0.2, 0) is 9.53 Å². The quantitative estimate of drug-likeness (QED) is 0.728. The number of hydrogen-bond donors (Lipinski definition) is 1. The molecular formula is C21H16N2O3. The highest BCUT2D eigenvalue weighted by atomic mass is 16.5. The number of nitrogens with zero attached hydrogens (tertiary/aromatic N) is 1. The first-order valence-corrected chi connectivity index (χ1v) is 8.08. The Morgan fingerprint density at radius 2 is 1.77 bits per heavy atom. The number of fused-ring (bicyclic) bond motifs is 1. The molecule has 0 saturated heterocycles. The number of rotatable bonds is 4. The van der Waals surface area contributed by atoms with Crippen LogP contribution in [0, 0.1) is 11.3 Å². The van der Waals surface area contributed by atoms with Crippen molar-refractivity contribution in [3.05, 3.63) is 77.9 Å². The molecule has 0 aromatic heterocycles. The van der Waals surface area contributed by atoms with Crippen molar-refractivity contribution >= 4 is 28.3 Å². The third-order valence-electron chi connectivity index (χ3n) is 3.93. The van der Waals surface area contributed by atoms with Gasteiger partial charge in [-0.25, -0.2) is 4.79 Å². The largest absolute Gasteiger partial charge is 0.449 e. The highest BCUT2D eigenvalue weighted by Gasteiger charge is 2.19. The van der Waals surface area contributed by atoms with Gasteiger partial charge in [0.25, 0.3) is 5.91 Å². The average molecular weight is 344 g/mol. The monoisotopic (exact) mass is 344 g/mol. The Hall–Kier alpha value is -3.65. The minimum Gasteiger partial charge on any atom is -0.449 e. The normalized spacial score (nSPS) is 11.4. The highest BCUT2D eigenvalue weighted by molar-refractivity contribution is 6.04. The second-order valence-electron chi connectivity index (χ2n) is 5.76. The summed E-state index contributed by atoms with van der Waals surface area (Å²) in [6.07, 6.45) is -0.979. The summed E-state index contributed by atoms with van der Waals surface area (Å²) in [5.74, 6) is -1.08. The van der Waals surface area contributed by atoms with Crippen LogP contribution >= 0.6 is 0 Å². The summed E-state index contributed by atoms with van der Waals surface area (Å²) in [5.41, 5.74) is 1.24. The maximum absolute atomic E-state index is 12.4. The van der Waals surface area contributed by atoms with Crippen molar-refractivity contribution in [1.29, 1.82) is 5.26 Å². The molecule has 0 aliphatic carbocycles. The van der Waals surface area contributed by atoms with Gasteiger partial charge in [0, 0.05) is 11.1 Å². The van der Waals surface area contributed by atoms with E-state index < -0.39 is 18.0 Å². The fourth-order valence-corrected chi connectivity index (χ4v) is 2.57. The van der Waals surface area contributed by atoms with Crippen molar-refractivity contribution in [2.45, 2.75) is 13.0 Å². The van der Waals surface area contributed by atoms with E-state index >= 15 is 0 Å². The van der Waals surface area contributed by atoms with E-state index in [0.717, 1.165) is 10.8 Å².